The molecule has 3 heteroatoms. The highest BCUT2D eigenvalue weighted by Gasteiger charge is 2.31. The first-order valence-corrected chi connectivity index (χ1v) is 4.20. The number of hydrogen-bond acceptors (Lipinski definition) is 3. The molecule has 0 unspecified atom stereocenters. The summed E-state index contributed by atoms with van der Waals surface area (Å²) < 4.78 is 0. The summed E-state index contributed by atoms with van der Waals surface area (Å²) in [5.41, 5.74) is 0. The van der Waals surface area contributed by atoms with Gasteiger partial charge in [0, 0.05) is 19.4 Å². The highest BCUT2D eigenvalue weighted by molar-refractivity contribution is 4.76. The summed E-state index contributed by atoms with van der Waals surface area (Å²) in [5, 5.41) is 27.1. The van der Waals surface area contributed by atoms with E-state index in [2.05, 4.69) is 0 Å². The zero-order chi connectivity index (χ0) is 8.32. The first kappa shape index (κ1) is 8.97. The van der Waals surface area contributed by atoms with E-state index in [1.807, 2.05) is 0 Å². The predicted octanol–water partition coefficient (Wildman–Crippen LogP) is 0.240. The molecule has 0 saturated heterocycles. The molecule has 1 fully saturated rings. The van der Waals surface area contributed by atoms with Crippen molar-refractivity contribution in [3.63, 3.8) is 0 Å². The van der Waals surface area contributed by atoms with Crippen molar-refractivity contribution in [1.82, 2.24) is 0 Å². The molecule has 1 aliphatic carbocycles. The summed E-state index contributed by atoms with van der Waals surface area (Å²) >= 11 is 0. The molecule has 0 aromatic heterocycles. The number of rotatable bonds is 2. The van der Waals surface area contributed by atoms with Crippen LogP contribution in [0.15, 0.2) is 0 Å². The van der Waals surface area contributed by atoms with Crippen LogP contribution in [0, 0.1) is 5.92 Å². The Morgan fingerprint density at radius 3 is 2.64 bits per heavy atom. The zero-order valence-corrected chi connectivity index (χ0v) is 6.66. The number of aliphatic hydroxyl groups excluding tert-OH is 1. The van der Waals surface area contributed by atoms with Crippen LogP contribution in [0.25, 0.3) is 0 Å². The molecule has 0 bridgehead atoms. The van der Waals surface area contributed by atoms with Crippen molar-refractivity contribution in [3.05, 3.63) is 0 Å². The molecule has 0 aromatic rings. The second-order valence-electron chi connectivity index (χ2n) is 3.46. The van der Waals surface area contributed by atoms with Gasteiger partial charge in [-0.25, -0.2) is 0 Å². The average molecular weight is 160 g/mol. The van der Waals surface area contributed by atoms with Crippen LogP contribution in [0.1, 0.15) is 32.1 Å². The van der Waals surface area contributed by atoms with E-state index in [0.29, 0.717) is 25.2 Å². The molecular formula is C8H16O3. The van der Waals surface area contributed by atoms with E-state index < -0.39 is 5.79 Å². The number of hydrogen-bond donors (Lipinski definition) is 3. The van der Waals surface area contributed by atoms with E-state index in [1.165, 1.54) is 0 Å². The lowest BCUT2D eigenvalue weighted by molar-refractivity contribution is -0.191. The van der Waals surface area contributed by atoms with Gasteiger partial charge in [-0.15, -0.1) is 0 Å². The third-order valence-electron chi connectivity index (χ3n) is 2.34. The van der Waals surface area contributed by atoms with Crippen molar-refractivity contribution in [1.29, 1.82) is 0 Å². The smallest absolute Gasteiger partial charge is 0.162 e. The molecule has 1 aliphatic rings. The summed E-state index contributed by atoms with van der Waals surface area (Å²) in [6.45, 7) is 0.154. The molecule has 1 rings (SSSR count). The molecule has 66 valence electrons. The molecule has 0 aliphatic heterocycles. The van der Waals surface area contributed by atoms with E-state index in [1.54, 1.807) is 0 Å². The van der Waals surface area contributed by atoms with Crippen molar-refractivity contribution in [2.24, 2.45) is 5.92 Å². The van der Waals surface area contributed by atoms with Gasteiger partial charge in [0.2, 0.25) is 0 Å². The molecule has 1 atom stereocenters. The lowest BCUT2D eigenvalue weighted by atomic mass is 9.83. The van der Waals surface area contributed by atoms with Crippen LogP contribution in [-0.4, -0.2) is 27.7 Å². The molecule has 0 aromatic carbocycles. The Kier molecular flexibility index (Phi) is 2.87. The Bertz CT molecular complexity index is 121. The quantitative estimate of drug-likeness (QED) is 0.507. The van der Waals surface area contributed by atoms with Crippen LogP contribution < -0.4 is 0 Å². The third kappa shape index (κ3) is 2.77. The highest BCUT2D eigenvalue weighted by atomic mass is 16.5. The number of aliphatic hydroxyl groups is 3. The van der Waals surface area contributed by atoms with Gasteiger partial charge in [0.1, 0.15) is 0 Å². The largest absolute Gasteiger partial charge is 0.396 e. The maximum absolute atomic E-state index is 9.25. The van der Waals surface area contributed by atoms with Crippen molar-refractivity contribution in [3.8, 4) is 0 Å². The standard InChI is InChI=1S/C8H16O3/c9-5-3-7-2-1-4-8(10,11)6-7/h7,9-11H,1-6H2/t7-/m0/s1. The second kappa shape index (κ2) is 3.52. The van der Waals surface area contributed by atoms with Crippen LogP contribution >= 0.6 is 0 Å². The Balaban J connectivity index is 2.34. The fourth-order valence-electron chi connectivity index (χ4n) is 1.77. The van der Waals surface area contributed by atoms with Gasteiger partial charge in [-0.3, -0.25) is 0 Å². The van der Waals surface area contributed by atoms with Crippen molar-refractivity contribution < 1.29 is 15.3 Å². The molecule has 0 heterocycles. The van der Waals surface area contributed by atoms with Gasteiger partial charge in [0.05, 0.1) is 0 Å². The molecule has 11 heavy (non-hydrogen) atoms. The van der Waals surface area contributed by atoms with Crippen molar-refractivity contribution >= 4 is 0 Å². The van der Waals surface area contributed by atoms with E-state index >= 15 is 0 Å². The second-order valence-corrected chi connectivity index (χ2v) is 3.46. The Morgan fingerprint density at radius 2 is 2.09 bits per heavy atom. The van der Waals surface area contributed by atoms with Crippen LogP contribution in [0.2, 0.25) is 0 Å². The fourth-order valence-corrected chi connectivity index (χ4v) is 1.77. The predicted molar refractivity (Wildman–Crippen MR) is 40.8 cm³/mol. The minimum Gasteiger partial charge on any atom is -0.396 e. The minimum atomic E-state index is -1.46. The van der Waals surface area contributed by atoms with Crippen LogP contribution in [0.4, 0.5) is 0 Å². The first-order chi connectivity index (χ1) is 5.14. The maximum atomic E-state index is 9.25. The highest BCUT2D eigenvalue weighted by Crippen LogP contribution is 2.31. The maximum Gasteiger partial charge on any atom is 0.162 e. The molecule has 1 saturated carbocycles. The van der Waals surface area contributed by atoms with Gasteiger partial charge in [-0.2, -0.15) is 0 Å². The normalized spacial score (nSPS) is 30.3. The molecular weight excluding hydrogens is 144 g/mol. The van der Waals surface area contributed by atoms with E-state index in [0.717, 1.165) is 12.8 Å². The summed E-state index contributed by atoms with van der Waals surface area (Å²) in [4.78, 5) is 0. The van der Waals surface area contributed by atoms with Crippen LogP contribution in [-0.2, 0) is 0 Å². The van der Waals surface area contributed by atoms with E-state index in [4.69, 9.17) is 5.11 Å². The van der Waals surface area contributed by atoms with Gasteiger partial charge in [-0.05, 0) is 25.2 Å². The van der Waals surface area contributed by atoms with Gasteiger partial charge in [0.15, 0.2) is 5.79 Å². The molecule has 0 radical (unpaired) electrons. The van der Waals surface area contributed by atoms with Gasteiger partial charge in [-0.1, -0.05) is 0 Å². The van der Waals surface area contributed by atoms with E-state index in [-0.39, 0.29) is 6.61 Å². The molecule has 3 N–H and O–H groups in total. The Morgan fingerprint density at radius 1 is 1.36 bits per heavy atom. The topological polar surface area (TPSA) is 60.7 Å². The van der Waals surface area contributed by atoms with E-state index in [9.17, 15) is 10.2 Å². The first-order valence-electron chi connectivity index (χ1n) is 4.20. The van der Waals surface area contributed by atoms with Gasteiger partial charge < -0.3 is 15.3 Å². The lowest BCUT2D eigenvalue weighted by Crippen LogP contribution is -2.34. The summed E-state index contributed by atoms with van der Waals surface area (Å²) in [6, 6.07) is 0. The van der Waals surface area contributed by atoms with Crippen molar-refractivity contribution in [2.45, 2.75) is 37.9 Å². The Hall–Kier alpha value is -0.120. The lowest BCUT2D eigenvalue weighted by Gasteiger charge is -2.32. The summed E-state index contributed by atoms with van der Waals surface area (Å²) in [7, 11) is 0. The fraction of sp³-hybridized carbons (Fsp3) is 1.00. The van der Waals surface area contributed by atoms with Gasteiger partial charge >= 0.3 is 0 Å². The molecule has 3 nitrogen and oxygen atoms in total. The Labute approximate surface area is 66.7 Å². The van der Waals surface area contributed by atoms with Crippen molar-refractivity contribution in [2.75, 3.05) is 6.61 Å². The van der Waals surface area contributed by atoms with Crippen LogP contribution in [0.5, 0.6) is 0 Å². The van der Waals surface area contributed by atoms with Gasteiger partial charge in [0.25, 0.3) is 0 Å². The minimum absolute atomic E-state index is 0.154. The third-order valence-corrected chi connectivity index (χ3v) is 2.34. The SMILES string of the molecule is OCC[C@@H]1CCCC(O)(O)C1. The van der Waals surface area contributed by atoms with Crippen LogP contribution in [0.3, 0.4) is 0 Å². The zero-order valence-electron chi connectivity index (χ0n) is 6.66. The monoisotopic (exact) mass is 160 g/mol. The summed E-state index contributed by atoms with van der Waals surface area (Å²) in [6.07, 6.45) is 3.48. The summed E-state index contributed by atoms with van der Waals surface area (Å²) in [5.74, 6) is -1.17. The molecule has 0 amide bonds. The molecule has 0 spiro atoms. The average Bonchev–Trinajstić information content (AvgIpc) is 1.85.